The zero-order valence-corrected chi connectivity index (χ0v) is 17.1. The van der Waals surface area contributed by atoms with Gasteiger partial charge in [-0.2, -0.15) is 4.89 Å². The van der Waals surface area contributed by atoms with Crippen LogP contribution in [0.1, 0.15) is 64.4 Å². The SMILES string of the molecule is CCC1=CC2=CCC3C(CCC[C@@H]3OOO/C(C)=C/c3ccccc3)C2CC1. The average molecular weight is 381 g/mol. The molecule has 0 aliphatic heterocycles. The van der Waals surface area contributed by atoms with E-state index in [9.17, 15) is 0 Å². The fraction of sp³-hybridized carbons (Fsp3) is 0.520. The Kier molecular flexibility index (Phi) is 6.33. The first-order valence-corrected chi connectivity index (χ1v) is 10.9. The topological polar surface area (TPSA) is 27.7 Å². The number of allylic oxidation sites excluding steroid dienone is 5. The highest BCUT2D eigenvalue weighted by molar-refractivity contribution is 5.50. The van der Waals surface area contributed by atoms with E-state index in [0.717, 1.165) is 24.3 Å². The van der Waals surface area contributed by atoms with Crippen molar-refractivity contribution in [2.24, 2.45) is 17.8 Å². The summed E-state index contributed by atoms with van der Waals surface area (Å²) in [7, 11) is 0. The molecule has 3 aliphatic carbocycles. The van der Waals surface area contributed by atoms with Crippen LogP contribution in [-0.4, -0.2) is 6.10 Å². The van der Waals surface area contributed by atoms with Gasteiger partial charge in [-0.3, -0.25) is 0 Å². The van der Waals surface area contributed by atoms with Gasteiger partial charge >= 0.3 is 0 Å². The Hall–Kier alpha value is -1.84. The molecule has 4 atom stereocenters. The standard InChI is InChI=1S/C25H32O3/c1-3-19-12-14-22-21(17-19)13-15-24-23(22)10-7-11-25(24)27-28-26-18(2)16-20-8-5-4-6-9-20/h4-6,8-9,13,16-17,22-25H,3,7,10-12,14-15H2,1-2H3/b18-16+/t22?,23?,24?,25-/m0/s1. The van der Waals surface area contributed by atoms with Crippen LogP contribution in [0.2, 0.25) is 0 Å². The average Bonchev–Trinajstić information content (AvgIpc) is 2.74. The van der Waals surface area contributed by atoms with E-state index in [2.05, 4.69) is 19.1 Å². The molecule has 0 aromatic heterocycles. The molecule has 1 aromatic carbocycles. The van der Waals surface area contributed by atoms with Crippen LogP contribution < -0.4 is 0 Å². The van der Waals surface area contributed by atoms with E-state index >= 15 is 0 Å². The fourth-order valence-electron chi connectivity index (χ4n) is 5.28. The highest BCUT2D eigenvalue weighted by atomic mass is 17.5. The molecule has 1 saturated carbocycles. The largest absolute Gasteiger partial charge is 0.313 e. The molecule has 0 bridgehead atoms. The molecule has 28 heavy (non-hydrogen) atoms. The minimum Gasteiger partial charge on any atom is -0.313 e. The Morgan fingerprint density at radius 2 is 1.96 bits per heavy atom. The molecule has 1 aromatic rings. The van der Waals surface area contributed by atoms with Gasteiger partial charge < -0.3 is 4.89 Å². The van der Waals surface area contributed by atoms with Crippen molar-refractivity contribution in [1.82, 2.24) is 0 Å². The van der Waals surface area contributed by atoms with Crippen molar-refractivity contribution in [3.63, 3.8) is 0 Å². The summed E-state index contributed by atoms with van der Waals surface area (Å²) in [5.41, 5.74) is 4.29. The van der Waals surface area contributed by atoms with Crippen LogP contribution in [0.15, 0.2) is 59.4 Å². The zero-order chi connectivity index (χ0) is 19.3. The molecule has 4 rings (SSSR count). The van der Waals surface area contributed by atoms with Crippen LogP contribution in [-0.2, 0) is 14.8 Å². The first-order valence-electron chi connectivity index (χ1n) is 10.9. The summed E-state index contributed by atoms with van der Waals surface area (Å²) in [6.07, 6.45) is 15.4. The molecule has 0 N–H and O–H groups in total. The van der Waals surface area contributed by atoms with Crippen molar-refractivity contribution < 1.29 is 14.8 Å². The van der Waals surface area contributed by atoms with Crippen LogP contribution in [0, 0.1) is 17.8 Å². The summed E-state index contributed by atoms with van der Waals surface area (Å²) in [5, 5.41) is 5.23. The molecule has 3 heteroatoms. The van der Waals surface area contributed by atoms with Crippen molar-refractivity contribution >= 4 is 6.08 Å². The lowest BCUT2D eigenvalue weighted by Crippen LogP contribution is -2.41. The van der Waals surface area contributed by atoms with Crippen molar-refractivity contribution in [2.75, 3.05) is 0 Å². The lowest BCUT2D eigenvalue weighted by molar-refractivity contribution is -0.516. The van der Waals surface area contributed by atoms with Gasteiger partial charge in [0.15, 0.2) is 0 Å². The van der Waals surface area contributed by atoms with Gasteiger partial charge in [0.2, 0.25) is 0 Å². The van der Waals surface area contributed by atoms with Crippen LogP contribution in [0.25, 0.3) is 6.08 Å². The van der Waals surface area contributed by atoms with E-state index in [-0.39, 0.29) is 6.10 Å². The molecule has 3 aliphatic rings. The molecule has 0 saturated heterocycles. The van der Waals surface area contributed by atoms with Gasteiger partial charge in [-0.05, 0) is 85.5 Å². The normalized spacial score (nSPS) is 30.0. The van der Waals surface area contributed by atoms with Crippen LogP contribution in [0.5, 0.6) is 0 Å². The second-order valence-corrected chi connectivity index (χ2v) is 8.45. The summed E-state index contributed by atoms with van der Waals surface area (Å²) in [6, 6.07) is 10.1. The highest BCUT2D eigenvalue weighted by Crippen LogP contribution is 2.49. The number of fused-ring (bicyclic) bond motifs is 3. The quantitative estimate of drug-likeness (QED) is 0.309. The van der Waals surface area contributed by atoms with E-state index in [1.807, 2.05) is 43.3 Å². The van der Waals surface area contributed by atoms with Crippen LogP contribution >= 0.6 is 0 Å². The summed E-state index contributed by atoms with van der Waals surface area (Å²) in [6.45, 7) is 4.16. The Labute approximate surface area is 168 Å². The molecule has 1 fully saturated rings. The molecule has 0 radical (unpaired) electrons. The third kappa shape index (κ3) is 4.42. The molecule has 3 nitrogen and oxygen atoms in total. The third-order valence-electron chi connectivity index (χ3n) is 6.72. The maximum absolute atomic E-state index is 5.78. The summed E-state index contributed by atoms with van der Waals surface area (Å²) < 4.78 is 0. The van der Waals surface area contributed by atoms with E-state index in [0.29, 0.717) is 17.6 Å². The minimum absolute atomic E-state index is 0.123. The molecular weight excluding hydrogens is 348 g/mol. The van der Waals surface area contributed by atoms with Crippen molar-refractivity contribution in [3.8, 4) is 0 Å². The molecule has 0 heterocycles. The smallest absolute Gasteiger partial charge is 0.143 e. The number of hydrogen-bond acceptors (Lipinski definition) is 3. The van der Waals surface area contributed by atoms with E-state index in [4.69, 9.17) is 14.8 Å². The van der Waals surface area contributed by atoms with Gasteiger partial charge in [0.05, 0.1) is 0 Å². The van der Waals surface area contributed by atoms with Gasteiger partial charge in [-0.15, -0.1) is 0 Å². The maximum Gasteiger partial charge on any atom is 0.143 e. The predicted molar refractivity (Wildman–Crippen MR) is 112 cm³/mol. The zero-order valence-electron chi connectivity index (χ0n) is 17.1. The van der Waals surface area contributed by atoms with Crippen molar-refractivity contribution in [2.45, 2.75) is 64.9 Å². The first kappa shape index (κ1) is 19.5. The number of rotatable bonds is 6. The van der Waals surface area contributed by atoms with Crippen molar-refractivity contribution in [1.29, 1.82) is 0 Å². The summed E-state index contributed by atoms with van der Waals surface area (Å²) in [5.74, 6) is 2.66. The number of benzene rings is 1. The fourth-order valence-corrected chi connectivity index (χ4v) is 5.28. The maximum atomic E-state index is 5.78. The first-order chi connectivity index (χ1) is 13.7. The van der Waals surface area contributed by atoms with Crippen LogP contribution in [0.3, 0.4) is 0 Å². The molecule has 150 valence electrons. The lowest BCUT2D eigenvalue weighted by Gasteiger charge is -2.45. The minimum atomic E-state index is 0.123. The van der Waals surface area contributed by atoms with Crippen molar-refractivity contribution in [3.05, 3.63) is 65.0 Å². The van der Waals surface area contributed by atoms with Gasteiger partial charge in [0.1, 0.15) is 11.9 Å². The van der Waals surface area contributed by atoms with E-state index in [1.54, 1.807) is 11.1 Å². The second kappa shape index (κ2) is 9.11. The predicted octanol–water partition coefficient (Wildman–Crippen LogP) is 6.79. The van der Waals surface area contributed by atoms with Gasteiger partial charge in [-0.25, -0.2) is 0 Å². The summed E-state index contributed by atoms with van der Waals surface area (Å²) >= 11 is 0. The van der Waals surface area contributed by atoms with Gasteiger partial charge in [0.25, 0.3) is 0 Å². The molecule has 0 spiro atoms. The molecule has 0 amide bonds. The molecule has 3 unspecified atom stereocenters. The van der Waals surface area contributed by atoms with E-state index < -0.39 is 0 Å². The lowest BCUT2D eigenvalue weighted by atomic mass is 9.61. The Balaban J connectivity index is 1.34. The third-order valence-corrected chi connectivity index (χ3v) is 6.72. The summed E-state index contributed by atoms with van der Waals surface area (Å²) in [4.78, 5) is 11.2. The van der Waals surface area contributed by atoms with Gasteiger partial charge in [0, 0.05) is 0 Å². The Morgan fingerprint density at radius 1 is 1.11 bits per heavy atom. The Morgan fingerprint density at radius 3 is 2.79 bits per heavy atom. The monoisotopic (exact) mass is 380 g/mol. The van der Waals surface area contributed by atoms with E-state index in [1.165, 1.54) is 32.1 Å². The highest BCUT2D eigenvalue weighted by Gasteiger charge is 2.42. The van der Waals surface area contributed by atoms with Crippen LogP contribution in [0.4, 0.5) is 0 Å². The second-order valence-electron chi connectivity index (χ2n) is 8.45. The number of hydrogen-bond donors (Lipinski definition) is 0. The van der Waals surface area contributed by atoms with Gasteiger partial charge in [-0.1, -0.05) is 61.4 Å². The Bertz CT molecular complexity index is 746. The molecular formula is C25H32O3.